The monoisotopic (exact) mass is 340 g/mol. The summed E-state index contributed by atoms with van der Waals surface area (Å²) in [6.45, 7) is 1.57. The summed E-state index contributed by atoms with van der Waals surface area (Å²) in [6.07, 6.45) is 1.70. The van der Waals surface area contributed by atoms with Crippen LogP contribution in [0.1, 0.15) is 0 Å². The maximum Gasteiger partial charge on any atom is 0.321 e. The molecule has 0 unspecified atom stereocenters. The van der Waals surface area contributed by atoms with Crippen LogP contribution in [-0.4, -0.2) is 45.5 Å². The summed E-state index contributed by atoms with van der Waals surface area (Å²) >= 11 is 1.87. The number of hydrogen-bond acceptors (Lipinski definition) is 5. The molecule has 1 fully saturated rings. The normalized spacial score (nSPS) is 14.8. The van der Waals surface area contributed by atoms with Crippen LogP contribution in [0.2, 0.25) is 0 Å². The average molecular weight is 340 g/mol. The maximum absolute atomic E-state index is 12.3. The summed E-state index contributed by atoms with van der Waals surface area (Å²) in [5, 5.41) is 2.93. The summed E-state index contributed by atoms with van der Waals surface area (Å²) in [7, 11) is 0. The van der Waals surface area contributed by atoms with Crippen LogP contribution in [-0.2, 0) is 0 Å². The van der Waals surface area contributed by atoms with Gasteiger partial charge in [0.1, 0.15) is 11.2 Å². The van der Waals surface area contributed by atoms with Crippen LogP contribution < -0.4 is 5.32 Å². The van der Waals surface area contributed by atoms with Gasteiger partial charge in [0.05, 0.1) is 0 Å². The second kappa shape index (κ2) is 6.52. The zero-order chi connectivity index (χ0) is 16.4. The molecule has 1 aromatic carbocycles. The van der Waals surface area contributed by atoms with Crippen molar-refractivity contribution in [1.29, 1.82) is 0 Å². The van der Waals surface area contributed by atoms with Crippen molar-refractivity contribution in [2.45, 2.75) is 0 Å². The van der Waals surface area contributed by atoms with Crippen molar-refractivity contribution in [2.24, 2.45) is 0 Å². The van der Waals surface area contributed by atoms with Crippen molar-refractivity contribution in [3.63, 3.8) is 0 Å². The van der Waals surface area contributed by atoms with E-state index in [0.29, 0.717) is 22.9 Å². The number of nitrogens with one attached hydrogen (secondary N) is 1. The molecular weight excluding hydrogens is 324 g/mol. The largest absolute Gasteiger partial charge is 0.435 e. The number of aromatic nitrogens is 2. The predicted octanol–water partition coefficient (Wildman–Crippen LogP) is 3.47. The van der Waals surface area contributed by atoms with Crippen molar-refractivity contribution in [3.05, 3.63) is 42.6 Å². The highest BCUT2D eigenvalue weighted by Gasteiger charge is 2.17. The summed E-state index contributed by atoms with van der Waals surface area (Å²) < 4.78 is 5.78. The zero-order valence-corrected chi connectivity index (χ0v) is 13.8. The van der Waals surface area contributed by atoms with E-state index >= 15 is 0 Å². The van der Waals surface area contributed by atoms with Crippen LogP contribution in [0.5, 0.6) is 0 Å². The van der Waals surface area contributed by atoms with Gasteiger partial charge in [-0.2, -0.15) is 11.8 Å². The topological polar surface area (TPSA) is 71.3 Å². The number of fused-ring (bicyclic) bond motifs is 1. The number of carbonyl (C=O) groups is 1. The molecule has 4 rings (SSSR count). The van der Waals surface area contributed by atoms with Crippen molar-refractivity contribution in [3.8, 4) is 11.6 Å². The fourth-order valence-corrected chi connectivity index (χ4v) is 3.47. The summed E-state index contributed by atoms with van der Waals surface area (Å²) in [5.41, 5.74) is 2.75. The Labute approximate surface area is 143 Å². The van der Waals surface area contributed by atoms with Crippen LogP contribution in [0.4, 0.5) is 10.5 Å². The van der Waals surface area contributed by atoms with Crippen LogP contribution in [0.15, 0.2) is 47.0 Å². The third-order valence-electron chi connectivity index (χ3n) is 3.82. The van der Waals surface area contributed by atoms with Gasteiger partial charge in [0.2, 0.25) is 5.89 Å². The van der Waals surface area contributed by atoms with E-state index in [9.17, 15) is 4.79 Å². The van der Waals surface area contributed by atoms with Crippen LogP contribution in [0.3, 0.4) is 0 Å². The van der Waals surface area contributed by atoms with Gasteiger partial charge in [-0.15, -0.1) is 0 Å². The summed E-state index contributed by atoms with van der Waals surface area (Å²) in [5.74, 6) is 2.45. The molecule has 1 saturated heterocycles. The van der Waals surface area contributed by atoms with Crippen molar-refractivity contribution in [2.75, 3.05) is 29.9 Å². The molecule has 24 heavy (non-hydrogen) atoms. The van der Waals surface area contributed by atoms with E-state index < -0.39 is 0 Å². The molecule has 1 aliphatic rings. The fourth-order valence-electron chi connectivity index (χ4n) is 2.57. The second-order valence-corrected chi connectivity index (χ2v) is 6.67. The van der Waals surface area contributed by atoms with E-state index in [1.807, 2.05) is 47.0 Å². The average Bonchev–Trinajstić information content (AvgIpc) is 3.06. The second-order valence-electron chi connectivity index (χ2n) is 5.45. The molecule has 0 aliphatic carbocycles. The Bertz CT molecular complexity index is 859. The van der Waals surface area contributed by atoms with Crippen LogP contribution >= 0.6 is 11.8 Å². The van der Waals surface area contributed by atoms with Crippen molar-refractivity contribution < 1.29 is 9.21 Å². The summed E-state index contributed by atoms with van der Waals surface area (Å²) in [6, 6.07) is 11.0. The van der Waals surface area contributed by atoms with Gasteiger partial charge >= 0.3 is 6.03 Å². The molecule has 122 valence electrons. The zero-order valence-electron chi connectivity index (χ0n) is 12.9. The third kappa shape index (κ3) is 3.07. The lowest BCUT2D eigenvalue weighted by Crippen LogP contribution is -2.40. The Morgan fingerprint density at radius 3 is 2.88 bits per heavy atom. The Balaban J connectivity index is 1.56. The quantitative estimate of drug-likeness (QED) is 0.773. The lowest BCUT2D eigenvalue weighted by atomic mass is 10.3. The molecule has 3 aromatic rings. The first-order chi connectivity index (χ1) is 11.8. The Hall–Kier alpha value is -2.54. The number of hydrogen-bond donors (Lipinski definition) is 1. The van der Waals surface area contributed by atoms with Crippen LogP contribution in [0.25, 0.3) is 22.7 Å². The molecule has 0 atom stereocenters. The molecule has 0 radical (unpaired) electrons. The molecular formula is C17H16N4O2S. The number of thioether (sulfide) groups is 1. The SMILES string of the molecule is O=C(Nc1ccc2nc(-c3ccccn3)oc2c1)N1CCSCC1. The highest BCUT2D eigenvalue weighted by atomic mass is 32.2. The van der Waals surface area contributed by atoms with Gasteiger partial charge in [-0.3, -0.25) is 4.98 Å². The van der Waals surface area contributed by atoms with Gasteiger partial charge in [-0.1, -0.05) is 6.07 Å². The van der Waals surface area contributed by atoms with Gasteiger partial charge in [-0.05, 0) is 24.3 Å². The minimum absolute atomic E-state index is 0.0703. The molecule has 3 heterocycles. The highest BCUT2D eigenvalue weighted by Crippen LogP contribution is 2.25. The molecule has 0 bridgehead atoms. The van der Waals surface area contributed by atoms with E-state index in [1.54, 1.807) is 12.3 Å². The highest BCUT2D eigenvalue weighted by molar-refractivity contribution is 7.99. The first-order valence-electron chi connectivity index (χ1n) is 7.75. The molecule has 1 N–H and O–H groups in total. The predicted molar refractivity (Wildman–Crippen MR) is 95.2 cm³/mol. The van der Waals surface area contributed by atoms with E-state index in [1.165, 1.54) is 0 Å². The Morgan fingerprint density at radius 2 is 2.08 bits per heavy atom. The van der Waals surface area contributed by atoms with E-state index in [0.717, 1.165) is 30.1 Å². The van der Waals surface area contributed by atoms with Gasteiger partial charge < -0.3 is 14.6 Å². The van der Waals surface area contributed by atoms with E-state index in [2.05, 4.69) is 15.3 Å². The number of amides is 2. The standard InChI is InChI=1S/C17H16N4O2S/c22-17(21-7-9-24-10-8-21)19-12-4-5-13-15(11-12)23-16(20-13)14-3-1-2-6-18-14/h1-6,11H,7-10H2,(H,19,22). The number of carbonyl (C=O) groups excluding carboxylic acids is 1. The number of anilines is 1. The molecule has 0 spiro atoms. The van der Waals surface area contributed by atoms with E-state index in [4.69, 9.17) is 4.42 Å². The third-order valence-corrected chi connectivity index (χ3v) is 4.76. The first kappa shape index (κ1) is 15.0. The number of rotatable bonds is 2. The van der Waals surface area contributed by atoms with E-state index in [-0.39, 0.29) is 6.03 Å². The number of pyridine rings is 1. The first-order valence-corrected chi connectivity index (χ1v) is 8.91. The Kier molecular flexibility index (Phi) is 4.08. The molecule has 2 amide bonds. The van der Waals surface area contributed by atoms with Crippen LogP contribution in [0, 0.1) is 0 Å². The number of oxazole rings is 1. The molecule has 1 aliphatic heterocycles. The molecule has 7 heteroatoms. The van der Waals surface area contributed by atoms with Crippen molar-refractivity contribution >= 4 is 34.6 Å². The maximum atomic E-state index is 12.3. The molecule has 0 saturated carbocycles. The van der Waals surface area contributed by atoms with Gasteiger partial charge in [0, 0.05) is 42.5 Å². The fraction of sp³-hybridized carbons (Fsp3) is 0.235. The number of urea groups is 1. The van der Waals surface area contributed by atoms with Gasteiger partial charge in [0.15, 0.2) is 5.58 Å². The Morgan fingerprint density at radius 1 is 1.21 bits per heavy atom. The lowest BCUT2D eigenvalue weighted by Gasteiger charge is -2.26. The molecule has 2 aromatic heterocycles. The number of benzene rings is 1. The molecule has 6 nitrogen and oxygen atoms in total. The minimum atomic E-state index is -0.0703. The smallest absolute Gasteiger partial charge is 0.321 e. The number of nitrogens with zero attached hydrogens (tertiary/aromatic N) is 3. The summed E-state index contributed by atoms with van der Waals surface area (Å²) in [4.78, 5) is 22.8. The van der Waals surface area contributed by atoms with Gasteiger partial charge in [-0.25, -0.2) is 9.78 Å². The van der Waals surface area contributed by atoms with Gasteiger partial charge in [0.25, 0.3) is 0 Å². The van der Waals surface area contributed by atoms with Crippen molar-refractivity contribution in [1.82, 2.24) is 14.9 Å². The minimum Gasteiger partial charge on any atom is -0.435 e. The lowest BCUT2D eigenvalue weighted by molar-refractivity contribution is 0.217.